The van der Waals surface area contributed by atoms with Crippen molar-refractivity contribution in [3.8, 4) is 0 Å². The molecule has 0 radical (unpaired) electrons. The van der Waals surface area contributed by atoms with Crippen molar-refractivity contribution in [2.24, 2.45) is 5.92 Å². The summed E-state index contributed by atoms with van der Waals surface area (Å²) in [4.78, 5) is 12.0. The monoisotopic (exact) mass is 264 g/mol. The molecular formula is C16H28N2O. The predicted octanol–water partition coefficient (Wildman–Crippen LogP) is 2.75. The molecule has 0 aromatic heterocycles. The van der Waals surface area contributed by atoms with Gasteiger partial charge >= 0.3 is 0 Å². The number of hydrogen-bond acceptors (Lipinski definition) is 2. The third-order valence-corrected chi connectivity index (χ3v) is 5.33. The van der Waals surface area contributed by atoms with Gasteiger partial charge in [-0.25, -0.2) is 0 Å². The predicted molar refractivity (Wildman–Crippen MR) is 76.9 cm³/mol. The Kier molecular flexibility index (Phi) is 4.42. The molecule has 3 rings (SSSR count). The molecule has 108 valence electrons. The maximum atomic E-state index is 12.0. The minimum absolute atomic E-state index is 0.296. The summed E-state index contributed by atoms with van der Waals surface area (Å²) in [5.74, 6) is 1.21. The zero-order chi connectivity index (χ0) is 13.1. The molecule has 3 fully saturated rings. The van der Waals surface area contributed by atoms with Gasteiger partial charge in [0, 0.05) is 24.5 Å². The van der Waals surface area contributed by atoms with E-state index < -0.39 is 0 Å². The Hall–Kier alpha value is -0.570. The summed E-state index contributed by atoms with van der Waals surface area (Å²) < 4.78 is 0. The molecule has 3 aliphatic rings. The van der Waals surface area contributed by atoms with Crippen molar-refractivity contribution >= 4 is 5.91 Å². The Morgan fingerprint density at radius 3 is 2.42 bits per heavy atom. The van der Waals surface area contributed by atoms with Crippen LogP contribution < -0.4 is 10.6 Å². The molecule has 0 aromatic carbocycles. The van der Waals surface area contributed by atoms with E-state index in [0.29, 0.717) is 24.0 Å². The molecule has 2 N–H and O–H groups in total. The highest BCUT2D eigenvalue weighted by molar-refractivity contribution is 5.76. The van der Waals surface area contributed by atoms with Gasteiger partial charge in [-0.1, -0.05) is 25.7 Å². The maximum Gasteiger partial charge on any atom is 0.220 e. The summed E-state index contributed by atoms with van der Waals surface area (Å²) in [5.41, 5.74) is 0. The van der Waals surface area contributed by atoms with Crippen molar-refractivity contribution in [3.63, 3.8) is 0 Å². The van der Waals surface area contributed by atoms with E-state index in [4.69, 9.17) is 0 Å². The van der Waals surface area contributed by atoms with Crippen molar-refractivity contribution in [2.45, 2.75) is 88.8 Å². The van der Waals surface area contributed by atoms with Gasteiger partial charge in [-0.15, -0.1) is 0 Å². The van der Waals surface area contributed by atoms with Gasteiger partial charge in [-0.3, -0.25) is 4.79 Å². The average Bonchev–Trinajstić information content (AvgIpc) is 2.99. The topological polar surface area (TPSA) is 41.1 Å². The van der Waals surface area contributed by atoms with Gasteiger partial charge in [-0.05, 0) is 44.4 Å². The van der Waals surface area contributed by atoms with Gasteiger partial charge in [0.15, 0.2) is 0 Å². The second kappa shape index (κ2) is 6.25. The van der Waals surface area contributed by atoms with Crippen LogP contribution in [0.15, 0.2) is 0 Å². The first-order valence-corrected chi connectivity index (χ1v) is 8.35. The lowest BCUT2D eigenvalue weighted by molar-refractivity contribution is -0.122. The standard InChI is InChI=1S/C16H28N2O/c19-16(7-3-6-12-4-1-2-5-12)18-15-10-13-8-9-14(11-15)17-13/h12-15,17H,1-11H2,(H,18,19). The Morgan fingerprint density at radius 2 is 1.74 bits per heavy atom. The summed E-state index contributed by atoms with van der Waals surface area (Å²) in [6, 6.07) is 1.78. The molecule has 2 atom stereocenters. The van der Waals surface area contributed by atoms with E-state index in [1.807, 2.05) is 0 Å². The average molecular weight is 264 g/mol. The van der Waals surface area contributed by atoms with Crippen LogP contribution in [0.5, 0.6) is 0 Å². The summed E-state index contributed by atoms with van der Waals surface area (Å²) in [7, 11) is 0. The number of piperidine rings is 1. The largest absolute Gasteiger partial charge is 0.353 e. The number of carbonyl (C=O) groups excluding carboxylic acids is 1. The highest BCUT2D eigenvalue weighted by atomic mass is 16.1. The number of carbonyl (C=O) groups is 1. The summed E-state index contributed by atoms with van der Waals surface area (Å²) in [6.07, 6.45) is 13.6. The van der Waals surface area contributed by atoms with E-state index in [-0.39, 0.29) is 0 Å². The van der Waals surface area contributed by atoms with E-state index in [0.717, 1.165) is 31.6 Å². The SMILES string of the molecule is O=C(CCCC1CCCC1)NC1CC2CCC(C1)N2. The lowest BCUT2D eigenvalue weighted by atomic mass is 9.98. The summed E-state index contributed by atoms with van der Waals surface area (Å²) in [6.45, 7) is 0. The molecule has 1 aliphatic carbocycles. The fourth-order valence-electron chi connectivity index (χ4n) is 4.33. The van der Waals surface area contributed by atoms with E-state index in [2.05, 4.69) is 10.6 Å². The van der Waals surface area contributed by atoms with E-state index in [1.54, 1.807) is 0 Å². The Bertz CT molecular complexity index is 300. The lowest BCUT2D eigenvalue weighted by Gasteiger charge is -2.29. The Morgan fingerprint density at radius 1 is 1.05 bits per heavy atom. The van der Waals surface area contributed by atoms with Crippen LogP contribution in [-0.2, 0) is 4.79 Å². The van der Waals surface area contributed by atoms with Crippen LogP contribution in [0.2, 0.25) is 0 Å². The maximum absolute atomic E-state index is 12.0. The number of amides is 1. The quantitative estimate of drug-likeness (QED) is 0.801. The molecule has 0 aromatic rings. The number of hydrogen-bond donors (Lipinski definition) is 2. The molecule has 2 bridgehead atoms. The van der Waals surface area contributed by atoms with Gasteiger partial charge in [0.2, 0.25) is 5.91 Å². The van der Waals surface area contributed by atoms with Gasteiger partial charge < -0.3 is 10.6 Å². The van der Waals surface area contributed by atoms with Crippen LogP contribution in [0.3, 0.4) is 0 Å². The third kappa shape index (κ3) is 3.71. The van der Waals surface area contributed by atoms with Crippen LogP contribution >= 0.6 is 0 Å². The van der Waals surface area contributed by atoms with Gasteiger partial charge in [0.25, 0.3) is 0 Å². The zero-order valence-electron chi connectivity index (χ0n) is 12.0. The Labute approximate surface area is 116 Å². The van der Waals surface area contributed by atoms with Crippen LogP contribution in [-0.4, -0.2) is 24.0 Å². The highest BCUT2D eigenvalue weighted by Crippen LogP contribution is 2.29. The van der Waals surface area contributed by atoms with Gasteiger partial charge in [-0.2, -0.15) is 0 Å². The minimum Gasteiger partial charge on any atom is -0.353 e. The van der Waals surface area contributed by atoms with Gasteiger partial charge in [0.05, 0.1) is 0 Å². The molecule has 0 spiro atoms. The fourth-order valence-corrected chi connectivity index (χ4v) is 4.33. The van der Waals surface area contributed by atoms with E-state index in [1.165, 1.54) is 44.9 Å². The fraction of sp³-hybridized carbons (Fsp3) is 0.938. The molecule has 2 heterocycles. The number of nitrogens with one attached hydrogen (secondary N) is 2. The minimum atomic E-state index is 0.296. The molecular weight excluding hydrogens is 236 g/mol. The first kappa shape index (κ1) is 13.4. The molecule has 1 saturated carbocycles. The van der Waals surface area contributed by atoms with Crippen molar-refractivity contribution in [3.05, 3.63) is 0 Å². The van der Waals surface area contributed by atoms with E-state index >= 15 is 0 Å². The molecule has 2 unspecified atom stereocenters. The van der Waals surface area contributed by atoms with Crippen LogP contribution in [0.25, 0.3) is 0 Å². The second-order valence-corrected chi connectivity index (χ2v) is 6.92. The van der Waals surface area contributed by atoms with Crippen molar-refractivity contribution in [1.82, 2.24) is 10.6 Å². The lowest BCUT2D eigenvalue weighted by Crippen LogP contribution is -2.47. The molecule has 3 heteroatoms. The first-order chi connectivity index (χ1) is 9.29. The Balaban J connectivity index is 1.32. The first-order valence-electron chi connectivity index (χ1n) is 8.35. The van der Waals surface area contributed by atoms with Crippen molar-refractivity contribution in [2.75, 3.05) is 0 Å². The normalized spacial score (nSPS) is 34.6. The van der Waals surface area contributed by atoms with Crippen molar-refractivity contribution < 1.29 is 4.79 Å². The van der Waals surface area contributed by atoms with Crippen LogP contribution in [0.4, 0.5) is 0 Å². The smallest absolute Gasteiger partial charge is 0.220 e. The molecule has 2 saturated heterocycles. The second-order valence-electron chi connectivity index (χ2n) is 6.92. The van der Waals surface area contributed by atoms with Crippen LogP contribution in [0.1, 0.15) is 70.6 Å². The van der Waals surface area contributed by atoms with E-state index in [9.17, 15) is 4.79 Å². The number of rotatable bonds is 5. The zero-order valence-corrected chi connectivity index (χ0v) is 12.0. The van der Waals surface area contributed by atoms with Crippen LogP contribution in [0, 0.1) is 5.92 Å². The third-order valence-electron chi connectivity index (χ3n) is 5.33. The summed E-state index contributed by atoms with van der Waals surface area (Å²) >= 11 is 0. The summed E-state index contributed by atoms with van der Waals surface area (Å²) in [5, 5.41) is 6.89. The number of fused-ring (bicyclic) bond motifs is 2. The van der Waals surface area contributed by atoms with Gasteiger partial charge in [0.1, 0.15) is 0 Å². The molecule has 1 amide bonds. The highest BCUT2D eigenvalue weighted by Gasteiger charge is 2.33. The molecule has 2 aliphatic heterocycles. The molecule has 3 nitrogen and oxygen atoms in total. The molecule has 19 heavy (non-hydrogen) atoms. The van der Waals surface area contributed by atoms with Crippen molar-refractivity contribution in [1.29, 1.82) is 0 Å².